The van der Waals surface area contributed by atoms with Crippen molar-refractivity contribution in [3.05, 3.63) is 52.5 Å². The van der Waals surface area contributed by atoms with Crippen LogP contribution in [0.1, 0.15) is 34.8 Å². The third-order valence-corrected chi connectivity index (χ3v) is 4.80. The van der Waals surface area contributed by atoms with Crippen LogP contribution in [0.25, 0.3) is 0 Å². The third kappa shape index (κ3) is 3.37. The van der Waals surface area contributed by atoms with Gasteiger partial charge in [-0.15, -0.1) is 0 Å². The number of nitrogens with zero attached hydrogens (tertiary/aromatic N) is 1. The summed E-state index contributed by atoms with van der Waals surface area (Å²) in [4.78, 5) is 14.7. The first kappa shape index (κ1) is 17.4. The maximum absolute atomic E-state index is 12.9. The second-order valence-electron chi connectivity index (χ2n) is 5.94. The molecule has 0 aliphatic carbocycles. The van der Waals surface area contributed by atoms with Gasteiger partial charge in [0.1, 0.15) is 5.75 Å². The van der Waals surface area contributed by atoms with Crippen LogP contribution in [0.3, 0.4) is 0 Å². The Balaban J connectivity index is 1.89. The number of carbonyl (C=O) groups excluding carboxylic acids is 1. The standard InChI is InChI=1S/C19H20ClNO4/c1-24-17-8-6-12(11-18(17)25-2)15-4-3-9-21(15)19(23)13-5-7-16(22)14(20)10-13/h5-8,10-11,15,22H,3-4,9H2,1-2H3/t15-/m1/s1. The predicted octanol–water partition coefficient (Wildman–Crippen LogP) is 4.04. The lowest BCUT2D eigenvalue weighted by atomic mass is 10.0. The largest absolute Gasteiger partial charge is 0.506 e. The van der Waals surface area contributed by atoms with Crippen molar-refractivity contribution >= 4 is 17.5 Å². The molecule has 1 heterocycles. The number of benzene rings is 2. The van der Waals surface area contributed by atoms with Crippen LogP contribution in [0.5, 0.6) is 17.2 Å². The summed E-state index contributed by atoms with van der Waals surface area (Å²) in [6.45, 7) is 0.677. The van der Waals surface area contributed by atoms with Crippen molar-refractivity contribution in [3.63, 3.8) is 0 Å². The summed E-state index contributed by atoms with van der Waals surface area (Å²) in [6, 6.07) is 10.2. The van der Waals surface area contributed by atoms with Crippen molar-refractivity contribution in [1.82, 2.24) is 4.90 Å². The van der Waals surface area contributed by atoms with Gasteiger partial charge in [-0.25, -0.2) is 0 Å². The summed E-state index contributed by atoms with van der Waals surface area (Å²) in [7, 11) is 3.19. The molecule has 1 atom stereocenters. The fraction of sp³-hybridized carbons (Fsp3) is 0.316. The molecule has 3 rings (SSSR count). The lowest BCUT2D eigenvalue weighted by Gasteiger charge is -2.26. The van der Waals surface area contributed by atoms with Crippen LogP contribution >= 0.6 is 11.6 Å². The zero-order valence-corrected chi connectivity index (χ0v) is 14.9. The Morgan fingerprint density at radius 3 is 2.60 bits per heavy atom. The molecule has 0 aromatic heterocycles. The van der Waals surface area contributed by atoms with E-state index >= 15 is 0 Å². The summed E-state index contributed by atoms with van der Waals surface area (Å²) in [6.07, 6.45) is 1.81. The van der Waals surface area contributed by atoms with E-state index < -0.39 is 0 Å². The summed E-state index contributed by atoms with van der Waals surface area (Å²) in [5, 5.41) is 9.72. The predicted molar refractivity (Wildman–Crippen MR) is 95.7 cm³/mol. The van der Waals surface area contributed by atoms with Crippen LogP contribution in [0.15, 0.2) is 36.4 Å². The van der Waals surface area contributed by atoms with Gasteiger partial charge in [-0.1, -0.05) is 17.7 Å². The van der Waals surface area contributed by atoms with E-state index in [9.17, 15) is 9.90 Å². The lowest BCUT2D eigenvalue weighted by molar-refractivity contribution is 0.0735. The van der Waals surface area contributed by atoms with Gasteiger partial charge in [0, 0.05) is 12.1 Å². The van der Waals surface area contributed by atoms with Gasteiger partial charge in [0.25, 0.3) is 5.91 Å². The van der Waals surface area contributed by atoms with Crippen molar-refractivity contribution in [2.75, 3.05) is 20.8 Å². The van der Waals surface area contributed by atoms with E-state index in [2.05, 4.69) is 0 Å². The van der Waals surface area contributed by atoms with E-state index in [4.69, 9.17) is 21.1 Å². The number of amides is 1. The average Bonchev–Trinajstić information content (AvgIpc) is 3.12. The molecule has 1 saturated heterocycles. The number of rotatable bonds is 4. The van der Waals surface area contributed by atoms with Crippen LogP contribution in [0.2, 0.25) is 5.02 Å². The lowest BCUT2D eigenvalue weighted by Crippen LogP contribution is -2.30. The number of ether oxygens (including phenoxy) is 2. The zero-order chi connectivity index (χ0) is 18.0. The Bertz CT molecular complexity index is 793. The number of phenolic OH excluding ortho intramolecular Hbond substituents is 1. The highest BCUT2D eigenvalue weighted by atomic mass is 35.5. The Labute approximate surface area is 151 Å². The van der Waals surface area contributed by atoms with Gasteiger partial charge < -0.3 is 19.5 Å². The van der Waals surface area contributed by atoms with E-state index in [1.54, 1.807) is 20.3 Å². The molecular formula is C19H20ClNO4. The number of likely N-dealkylation sites (tertiary alicyclic amines) is 1. The molecule has 1 aliphatic rings. The van der Waals surface area contributed by atoms with E-state index in [1.807, 2.05) is 23.1 Å². The molecule has 1 fully saturated rings. The van der Waals surface area contributed by atoms with E-state index in [0.717, 1.165) is 18.4 Å². The topological polar surface area (TPSA) is 59.0 Å². The number of aromatic hydroxyl groups is 1. The van der Waals surface area contributed by atoms with Crippen molar-refractivity contribution in [1.29, 1.82) is 0 Å². The molecule has 0 spiro atoms. The number of hydrogen-bond donors (Lipinski definition) is 1. The second kappa shape index (κ2) is 7.23. The van der Waals surface area contributed by atoms with E-state index in [0.29, 0.717) is 23.6 Å². The molecule has 2 aromatic carbocycles. The molecule has 5 nitrogen and oxygen atoms in total. The van der Waals surface area contributed by atoms with Gasteiger partial charge in [-0.2, -0.15) is 0 Å². The van der Waals surface area contributed by atoms with Crippen LogP contribution in [0.4, 0.5) is 0 Å². The molecule has 132 valence electrons. The van der Waals surface area contributed by atoms with Crippen LogP contribution < -0.4 is 9.47 Å². The molecule has 0 bridgehead atoms. The van der Waals surface area contributed by atoms with E-state index in [1.165, 1.54) is 12.1 Å². The third-order valence-electron chi connectivity index (χ3n) is 4.50. The van der Waals surface area contributed by atoms with Gasteiger partial charge in [0.05, 0.1) is 25.3 Å². The quantitative estimate of drug-likeness (QED) is 0.892. The molecule has 2 aromatic rings. The van der Waals surface area contributed by atoms with Gasteiger partial charge in [-0.3, -0.25) is 4.79 Å². The highest BCUT2D eigenvalue weighted by Crippen LogP contribution is 2.38. The zero-order valence-electron chi connectivity index (χ0n) is 14.2. The van der Waals surface area contributed by atoms with E-state index in [-0.39, 0.29) is 22.7 Å². The van der Waals surface area contributed by atoms with Crippen molar-refractivity contribution in [2.24, 2.45) is 0 Å². The van der Waals surface area contributed by atoms with Crippen molar-refractivity contribution in [2.45, 2.75) is 18.9 Å². The summed E-state index contributed by atoms with van der Waals surface area (Å²) in [5.41, 5.74) is 1.48. The Kier molecular flexibility index (Phi) is 5.04. The number of halogens is 1. The monoisotopic (exact) mass is 361 g/mol. The maximum Gasteiger partial charge on any atom is 0.254 e. The first-order chi connectivity index (χ1) is 12.0. The summed E-state index contributed by atoms with van der Waals surface area (Å²) >= 11 is 5.94. The fourth-order valence-electron chi connectivity index (χ4n) is 3.22. The second-order valence-corrected chi connectivity index (χ2v) is 6.34. The molecule has 6 heteroatoms. The molecule has 1 amide bonds. The molecule has 1 aliphatic heterocycles. The van der Waals surface area contributed by atoms with Crippen LogP contribution in [0, 0.1) is 0 Å². The summed E-state index contributed by atoms with van der Waals surface area (Å²) in [5.74, 6) is 1.18. The molecule has 0 unspecified atom stereocenters. The van der Waals surface area contributed by atoms with Crippen molar-refractivity contribution < 1.29 is 19.4 Å². The van der Waals surface area contributed by atoms with Gasteiger partial charge in [0.2, 0.25) is 0 Å². The van der Waals surface area contributed by atoms with Gasteiger partial charge in [0.15, 0.2) is 11.5 Å². The van der Waals surface area contributed by atoms with Crippen LogP contribution in [-0.4, -0.2) is 36.7 Å². The molecule has 0 saturated carbocycles. The smallest absolute Gasteiger partial charge is 0.254 e. The number of hydrogen-bond acceptors (Lipinski definition) is 4. The highest BCUT2D eigenvalue weighted by Gasteiger charge is 2.31. The normalized spacial score (nSPS) is 16.8. The summed E-state index contributed by atoms with van der Waals surface area (Å²) < 4.78 is 10.7. The first-order valence-corrected chi connectivity index (χ1v) is 8.44. The van der Waals surface area contributed by atoms with Crippen molar-refractivity contribution in [3.8, 4) is 17.2 Å². The minimum atomic E-state index is -0.0980. The molecule has 0 radical (unpaired) electrons. The Morgan fingerprint density at radius 2 is 1.92 bits per heavy atom. The molecular weight excluding hydrogens is 342 g/mol. The molecule has 25 heavy (non-hydrogen) atoms. The minimum absolute atomic E-state index is 0.0279. The van der Waals surface area contributed by atoms with Crippen LogP contribution in [-0.2, 0) is 0 Å². The van der Waals surface area contributed by atoms with Gasteiger partial charge >= 0.3 is 0 Å². The highest BCUT2D eigenvalue weighted by molar-refractivity contribution is 6.32. The number of phenols is 1. The fourth-order valence-corrected chi connectivity index (χ4v) is 3.40. The minimum Gasteiger partial charge on any atom is -0.506 e. The van der Waals surface area contributed by atoms with Gasteiger partial charge in [-0.05, 0) is 48.7 Å². The Hall–Kier alpha value is -2.40. The SMILES string of the molecule is COc1ccc([C@H]2CCCN2C(=O)c2ccc(O)c(Cl)c2)cc1OC. The number of carbonyl (C=O) groups is 1. The molecule has 1 N–H and O–H groups in total. The number of methoxy groups -OCH3 is 2. The average molecular weight is 362 g/mol. The first-order valence-electron chi connectivity index (χ1n) is 8.06. The Morgan fingerprint density at radius 1 is 1.16 bits per heavy atom. The maximum atomic E-state index is 12.9.